The fraction of sp³-hybridized carbons (Fsp3) is 0.340. The van der Waals surface area contributed by atoms with Gasteiger partial charge >= 0.3 is 17.7 Å². The predicted octanol–water partition coefficient (Wildman–Crippen LogP) is 2.09. The summed E-state index contributed by atoms with van der Waals surface area (Å²) >= 11 is 1.34. The summed E-state index contributed by atoms with van der Waals surface area (Å²) in [5.41, 5.74) is 0.377. The number of phenolic OH excluding ortho intramolecular Hbond substituents is 1. The molecule has 372 valence electrons. The molecule has 23 heteroatoms. The van der Waals surface area contributed by atoms with E-state index in [1.807, 2.05) is 12.1 Å². The molecule has 7 atom stereocenters. The number of carbonyl (C=O) groups excluding carboxylic acids is 4. The third-order valence-corrected chi connectivity index (χ3v) is 12.3. The van der Waals surface area contributed by atoms with E-state index in [4.69, 9.17) is 4.74 Å². The number of aromatic amines is 2. The quantitative estimate of drug-likeness (QED) is 0.0505. The van der Waals surface area contributed by atoms with Gasteiger partial charge in [-0.15, -0.1) is 0 Å². The number of H-pyrrole nitrogens is 2. The SMILES string of the molecule is CSCCC(NC(=O)NC(Cc1c[nH]c2ccccc12)C(=O)O)C(=O)NC(C(=O)N/C=C1\C[C@H](O)[C@@H](n2ccc(=O)[nH]c2=O)O1)C(C)N(C)C(=O)C(Cc1cccc(O)c1)NCc1ccc(F)cc1F. The fourth-order valence-corrected chi connectivity index (χ4v) is 8.24. The number of nitrogens with one attached hydrogen (secondary N) is 7. The highest BCUT2D eigenvalue weighted by molar-refractivity contribution is 7.98. The summed E-state index contributed by atoms with van der Waals surface area (Å²) in [6.45, 7) is 1.21. The van der Waals surface area contributed by atoms with E-state index < -0.39 is 95.1 Å². The number of likely N-dealkylation sites (N-methyl/N-ethyl adjacent to an activating group) is 1. The molecule has 5 amide bonds. The number of rotatable bonds is 21. The molecular formula is C47H53F2N9O11S. The minimum atomic E-state index is -1.62. The van der Waals surface area contributed by atoms with Crippen LogP contribution in [0, 0.1) is 11.6 Å². The molecule has 10 N–H and O–H groups in total. The normalized spacial score (nSPS) is 17.1. The number of aliphatic hydroxyl groups is 1. The standard InChI is InChI=1S/C47H53F2N9O11S/c1-25(57(2)43(64)36(18-26-7-6-8-30(59)17-26)51-22-27-11-12-29(48)20-33(27)49)40(42(63)52-24-31-21-38(60)44(69-31)58-15-13-39(61)55-47(58)68)56-41(62)35(14-16-70-3)53-46(67)54-37(45(65)66)19-28-23-50-34-10-5-4-9-32(28)34/h4-13,15,17,20,23-25,35-38,40,44,50-51,59-60H,14,16,18-19,21-22H2,1-3H3,(H,52,63)(H,56,62)(H,65,66)(H2,53,54,67)(H,55,61,68)/b31-24+/t25?,35?,36?,37?,38-,40?,44-/m0/s1. The van der Waals surface area contributed by atoms with E-state index in [2.05, 4.69) is 36.6 Å². The number of carbonyl (C=O) groups is 5. The number of carboxylic acid groups (broad SMARTS) is 1. The molecule has 1 fully saturated rings. The van der Waals surface area contributed by atoms with Crippen LogP contribution in [-0.4, -0.2) is 120 Å². The first-order chi connectivity index (χ1) is 33.4. The molecular weight excluding hydrogens is 937 g/mol. The number of fused-ring (bicyclic) bond motifs is 1. The van der Waals surface area contributed by atoms with Gasteiger partial charge < -0.3 is 56.5 Å². The van der Waals surface area contributed by atoms with Crippen LogP contribution in [0.5, 0.6) is 5.75 Å². The van der Waals surface area contributed by atoms with E-state index in [1.54, 1.807) is 36.7 Å². The Labute approximate surface area is 402 Å². The number of amides is 5. The zero-order chi connectivity index (χ0) is 50.6. The molecule has 3 aromatic carbocycles. The Kier molecular flexibility index (Phi) is 17.6. The fourth-order valence-electron chi connectivity index (χ4n) is 7.77. The van der Waals surface area contributed by atoms with Gasteiger partial charge in [-0.1, -0.05) is 36.4 Å². The number of nitrogens with zero attached hydrogens (tertiary/aromatic N) is 2. The molecule has 0 radical (unpaired) electrons. The van der Waals surface area contributed by atoms with Crippen LogP contribution in [-0.2, 0) is 43.3 Å². The number of benzene rings is 3. The number of hydrogen-bond acceptors (Lipinski definition) is 12. The summed E-state index contributed by atoms with van der Waals surface area (Å²) in [6.07, 6.45) is 2.67. The molecule has 5 aromatic rings. The van der Waals surface area contributed by atoms with Crippen LogP contribution in [0.15, 0.2) is 107 Å². The molecule has 1 aliphatic heterocycles. The topological polar surface area (TPSA) is 289 Å². The van der Waals surface area contributed by atoms with Gasteiger partial charge in [0.15, 0.2) is 0 Å². The van der Waals surface area contributed by atoms with Crippen molar-refractivity contribution in [3.63, 3.8) is 0 Å². The minimum absolute atomic E-state index is 0.00804. The highest BCUT2D eigenvalue weighted by atomic mass is 32.2. The number of aliphatic carboxylic acids is 1. The van der Waals surface area contributed by atoms with Crippen molar-refractivity contribution in [2.75, 3.05) is 19.1 Å². The van der Waals surface area contributed by atoms with Crippen molar-refractivity contribution in [3.05, 3.63) is 146 Å². The summed E-state index contributed by atoms with van der Waals surface area (Å²) in [7, 11) is 1.35. The number of aliphatic hydroxyl groups excluding tert-OH is 1. The molecule has 1 aliphatic rings. The third-order valence-electron chi connectivity index (χ3n) is 11.7. The van der Waals surface area contributed by atoms with E-state index in [1.165, 1.54) is 43.9 Å². The summed E-state index contributed by atoms with van der Waals surface area (Å²) in [4.78, 5) is 99.4. The van der Waals surface area contributed by atoms with E-state index in [9.17, 15) is 57.7 Å². The highest BCUT2D eigenvalue weighted by Gasteiger charge is 2.37. The van der Waals surface area contributed by atoms with Crippen LogP contribution in [0.2, 0.25) is 0 Å². The van der Waals surface area contributed by atoms with Gasteiger partial charge in [0.25, 0.3) is 5.56 Å². The molecule has 20 nitrogen and oxygen atoms in total. The average molecular weight is 990 g/mol. The number of carboxylic acids is 1. The van der Waals surface area contributed by atoms with Crippen LogP contribution in [0.3, 0.4) is 0 Å². The molecule has 0 spiro atoms. The van der Waals surface area contributed by atoms with Crippen LogP contribution in [0.4, 0.5) is 13.6 Å². The number of para-hydroxylation sites is 1. The summed E-state index contributed by atoms with van der Waals surface area (Å²) in [5.74, 6) is -5.26. The van der Waals surface area contributed by atoms with E-state index in [-0.39, 0.29) is 49.3 Å². The largest absolute Gasteiger partial charge is 0.508 e. The van der Waals surface area contributed by atoms with Gasteiger partial charge in [-0.3, -0.25) is 28.7 Å². The van der Waals surface area contributed by atoms with Crippen molar-refractivity contribution in [3.8, 4) is 5.75 Å². The monoisotopic (exact) mass is 989 g/mol. The summed E-state index contributed by atoms with van der Waals surface area (Å²) in [6, 6.07) is 9.54. The second kappa shape index (κ2) is 23.7. The lowest BCUT2D eigenvalue weighted by Gasteiger charge is -2.35. The van der Waals surface area contributed by atoms with Crippen molar-refractivity contribution in [1.82, 2.24) is 46.0 Å². The van der Waals surface area contributed by atoms with Gasteiger partial charge in [0.2, 0.25) is 23.9 Å². The second-order valence-corrected chi connectivity index (χ2v) is 17.5. The molecule has 0 saturated carbocycles. The number of thioether (sulfide) groups is 1. The summed E-state index contributed by atoms with van der Waals surface area (Å²) < 4.78 is 35.2. The number of halogens is 2. The Bertz CT molecular complexity index is 2860. The van der Waals surface area contributed by atoms with Gasteiger partial charge in [-0.05, 0) is 67.2 Å². The lowest BCUT2D eigenvalue weighted by atomic mass is 10.0. The van der Waals surface area contributed by atoms with Crippen molar-refractivity contribution >= 4 is 52.4 Å². The van der Waals surface area contributed by atoms with Crippen LogP contribution in [0.1, 0.15) is 42.7 Å². The van der Waals surface area contributed by atoms with E-state index >= 15 is 0 Å². The van der Waals surface area contributed by atoms with Crippen LogP contribution in [0.25, 0.3) is 10.9 Å². The molecule has 5 unspecified atom stereocenters. The van der Waals surface area contributed by atoms with Crippen LogP contribution >= 0.6 is 11.8 Å². The van der Waals surface area contributed by atoms with E-state index in [0.29, 0.717) is 22.9 Å². The maximum atomic E-state index is 14.8. The van der Waals surface area contributed by atoms with Crippen molar-refractivity contribution in [2.45, 2.75) is 81.7 Å². The highest BCUT2D eigenvalue weighted by Crippen LogP contribution is 2.30. The Balaban J connectivity index is 1.25. The Hall–Kier alpha value is -7.50. The zero-order valence-electron chi connectivity index (χ0n) is 38.1. The lowest BCUT2D eigenvalue weighted by Crippen LogP contribution is -2.62. The third kappa shape index (κ3) is 13.4. The molecule has 70 heavy (non-hydrogen) atoms. The Morgan fingerprint density at radius 3 is 2.41 bits per heavy atom. The number of aromatic nitrogens is 3. The predicted molar refractivity (Wildman–Crippen MR) is 253 cm³/mol. The Morgan fingerprint density at radius 1 is 0.943 bits per heavy atom. The second-order valence-electron chi connectivity index (χ2n) is 16.5. The smallest absolute Gasteiger partial charge is 0.331 e. The van der Waals surface area contributed by atoms with Gasteiger partial charge in [0.05, 0.1) is 12.1 Å². The maximum absolute atomic E-state index is 14.8. The first-order valence-corrected chi connectivity index (χ1v) is 23.3. The molecule has 3 heterocycles. The molecule has 6 rings (SSSR count). The van der Waals surface area contributed by atoms with Gasteiger partial charge in [0, 0.05) is 73.6 Å². The number of ether oxygens (including phenoxy) is 1. The zero-order valence-corrected chi connectivity index (χ0v) is 38.9. The number of hydrogen-bond donors (Lipinski definition) is 10. The number of phenols is 1. The first kappa shape index (κ1) is 51.9. The van der Waals surface area contributed by atoms with Gasteiger partial charge in [-0.2, -0.15) is 11.8 Å². The molecule has 1 saturated heterocycles. The van der Waals surface area contributed by atoms with Crippen molar-refractivity contribution in [2.24, 2.45) is 0 Å². The maximum Gasteiger partial charge on any atom is 0.331 e. The summed E-state index contributed by atoms with van der Waals surface area (Å²) in [5, 5.41) is 44.9. The first-order valence-electron chi connectivity index (χ1n) is 21.9. The van der Waals surface area contributed by atoms with Crippen LogP contribution < -0.4 is 37.8 Å². The number of aromatic hydroxyl groups is 1. The van der Waals surface area contributed by atoms with Gasteiger partial charge in [0.1, 0.15) is 47.4 Å². The minimum Gasteiger partial charge on any atom is -0.508 e. The molecule has 0 aliphatic carbocycles. The average Bonchev–Trinajstić information content (AvgIpc) is 3.91. The van der Waals surface area contributed by atoms with E-state index in [0.717, 1.165) is 44.9 Å². The van der Waals surface area contributed by atoms with Crippen molar-refractivity contribution in [1.29, 1.82) is 0 Å². The Morgan fingerprint density at radius 2 is 1.70 bits per heavy atom. The van der Waals surface area contributed by atoms with Crippen molar-refractivity contribution < 1.29 is 52.8 Å². The van der Waals surface area contributed by atoms with Gasteiger partial charge in [-0.25, -0.2) is 23.2 Å². The molecule has 0 bridgehead atoms. The lowest BCUT2D eigenvalue weighted by molar-refractivity contribution is -0.139. The number of urea groups is 1. The molecule has 2 aromatic heterocycles.